The highest BCUT2D eigenvalue weighted by atomic mass is 31.2. The number of nitrogens with one attached hydrogen (secondary N) is 3. The third kappa shape index (κ3) is 9.38. The van der Waals surface area contributed by atoms with Gasteiger partial charge in [0.05, 0.1) is 26.4 Å². The summed E-state index contributed by atoms with van der Waals surface area (Å²) in [5.41, 5.74) is -3.41. The number of rotatable bonds is 18. The van der Waals surface area contributed by atoms with Gasteiger partial charge in [-0.25, -0.2) is 4.79 Å². The quantitative estimate of drug-likeness (QED) is 0.0847. The lowest BCUT2D eigenvalue weighted by Gasteiger charge is -2.31. The van der Waals surface area contributed by atoms with Gasteiger partial charge in [-0.15, -0.1) is 0 Å². The molecule has 5 atom stereocenters. The Balaban J connectivity index is 2.01. The molecule has 20 heteroatoms. The number of hydrogen-bond donors (Lipinski definition) is 6. The van der Waals surface area contributed by atoms with Crippen molar-refractivity contribution in [3.63, 3.8) is 0 Å². The van der Waals surface area contributed by atoms with Gasteiger partial charge in [-0.3, -0.25) is 33.1 Å². The van der Waals surface area contributed by atoms with Crippen LogP contribution in [0.15, 0.2) is 21.9 Å². The number of hydrogen-bond acceptors (Lipinski definition) is 14. The van der Waals surface area contributed by atoms with Gasteiger partial charge >= 0.3 is 20.9 Å². The molecule has 1 aromatic heterocycles. The highest BCUT2D eigenvalue weighted by Crippen LogP contribution is 2.69. The molecular formula is C23H40N4O14P2. The van der Waals surface area contributed by atoms with Crippen LogP contribution in [0, 0.1) is 0 Å². The maximum absolute atomic E-state index is 13.5. The second-order valence-electron chi connectivity index (χ2n) is 9.02. The van der Waals surface area contributed by atoms with E-state index in [1.54, 1.807) is 0 Å². The summed E-state index contributed by atoms with van der Waals surface area (Å²) in [6, 6.07) is 0.984. The lowest BCUT2D eigenvalue weighted by molar-refractivity contribution is -0.143. The summed E-state index contributed by atoms with van der Waals surface area (Å²) in [6.07, 6.45) is -7.89. The number of aromatic nitrogens is 2. The molecule has 1 fully saturated rings. The summed E-state index contributed by atoms with van der Waals surface area (Å²) >= 11 is 0. The molecule has 6 N–H and O–H groups in total. The van der Waals surface area contributed by atoms with E-state index in [-0.39, 0.29) is 45.8 Å². The SMILES string of the molecule is CCOP(=O)(OCC)C(NC(=O)CCCNC(=O)C(O)[C@H]1O[C@@H](n2ccc(=O)[nH]c2=O)[C@H](O)[C@@H]1O)P(=O)(OCC)OCC. The maximum atomic E-state index is 13.5. The van der Waals surface area contributed by atoms with Crippen LogP contribution in [0.2, 0.25) is 0 Å². The van der Waals surface area contributed by atoms with Gasteiger partial charge in [0.2, 0.25) is 11.4 Å². The molecule has 1 aliphatic rings. The summed E-state index contributed by atoms with van der Waals surface area (Å²) in [7, 11) is -8.47. The average Bonchev–Trinajstić information content (AvgIpc) is 3.23. The Morgan fingerprint density at radius 3 is 2.02 bits per heavy atom. The number of carbonyl (C=O) groups excluding carboxylic acids is 2. The van der Waals surface area contributed by atoms with E-state index in [4.69, 9.17) is 22.8 Å². The van der Waals surface area contributed by atoms with E-state index in [1.165, 1.54) is 27.7 Å². The third-order valence-corrected chi connectivity index (χ3v) is 11.6. The second kappa shape index (κ2) is 16.7. The summed E-state index contributed by atoms with van der Waals surface area (Å²) in [5.74, 6) is -1.76. The Labute approximate surface area is 247 Å². The summed E-state index contributed by atoms with van der Waals surface area (Å²) in [4.78, 5) is 50.6. The molecule has 2 rings (SSSR count). The number of amides is 2. The molecule has 0 bridgehead atoms. The molecule has 18 nitrogen and oxygen atoms in total. The lowest BCUT2D eigenvalue weighted by atomic mass is 10.0. The minimum absolute atomic E-state index is 0.00967. The first-order valence-electron chi connectivity index (χ1n) is 13.6. The number of ether oxygens (including phenoxy) is 1. The molecule has 0 aliphatic carbocycles. The van der Waals surface area contributed by atoms with E-state index in [9.17, 15) is 43.6 Å². The number of nitrogens with zero attached hydrogens (tertiary/aromatic N) is 1. The van der Waals surface area contributed by atoms with Crippen LogP contribution in [0.25, 0.3) is 0 Å². The maximum Gasteiger partial charge on any atom is 0.365 e. The molecular weight excluding hydrogens is 618 g/mol. The highest BCUT2D eigenvalue weighted by Gasteiger charge is 2.52. The van der Waals surface area contributed by atoms with Gasteiger partial charge in [-0.05, 0) is 34.1 Å². The van der Waals surface area contributed by atoms with Crippen LogP contribution < -0.4 is 21.9 Å². The van der Waals surface area contributed by atoms with E-state index in [0.29, 0.717) is 0 Å². The first kappa shape index (κ1) is 36.9. The lowest BCUT2D eigenvalue weighted by Crippen LogP contribution is -2.47. The Hall–Kier alpha value is -2.24. The normalized spacial score (nSPS) is 21.6. The predicted octanol–water partition coefficient (Wildman–Crippen LogP) is -0.655. The topological polar surface area (TPSA) is 254 Å². The highest BCUT2D eigenvalue weighted by molar-refractivity contribution is 7.72. The van der Waals surface area contributed by atoms with Gasteiger partial charge in [0.25, 0.3) is 11.5 Å². The Morgan fingerprint density at radius 1 is 1.00 bits per heavy atom. The molecule has 2 amide bonds. The minimum Gasteiger partial charge on any atom is -0.387 e. The van der Waals surface area contributed by atoms with Crippen molar-refractivity contribution in [2.75, 3.05) is 33.0 Å². The van der Waals surface area contributed by atoms with Crippen LogP contribution >= 0.6 is 15.2 Å². The molecule has 0 saturated carbocycles. The predicted molar refractivity (Wildman–Crippen MR) is 149 cm³/mol. The van der Waals surface area contributed by atoms with Crippen LogP contribution in [0.1, 0.15) is 46.8 Å². The number of carbonyl (C=O) groups is 2. The van der Waals surface area contributed by atoms with Crippen molar-refractivity contribution < 1.29 is 56.9 Å². The monoisotopic (exact) mass is 658 g/mol. The van der Waals surface area contributed by atoms with Gasteiger partial charge in [-0.2, -0.15) is 0 Å². The molecule has 0 aromatic carbocycles. The van der Waals surface area contributed by atoms with E-state index in [2.05, 4.69) is 10.6 Å². The minimum atomic E-state index is -4.23. The molecule has 0 spiro atoms. The molecule has 0 radical (unpaired) electrons. The summed E-state index contributed by atoms with van der Waals surface area (Å²) in [6.45, 7) is 5.63. The standard InChI is InChI=1S/C23H40N4O14P2/c1-5-37-42(35,38-6-2)23(43(36,39-7-3)40-8-4)26-14(28)10-9-12-24-20(33)18(32)19-16(30)17(31)21(41-19)27-13-11-15(29)25-22(27)34/h11,13,16-19,21,23,30-32H,5-10,12H2,1-4H3,(H,24,33)(H,26,28)(H,25,29,34)/t16-,17+,18?,19-,21+/m0/s1. The van der Waals surface area contributed by atoms with Crippen LogP contribution in [-0.2, 0) is 41.6 Å². The Bertz CT molecular complexity index is 1240. The first-order valence-corrected chi connectivity index (χ1v) is 16.9. The van der Waals surface area contributed by atoms with Gasteiger partial charge in [0.1, 0.15) is 18.3 Å². The molecule has 1 aliphatic heterocycles. The fourth-order valence-electron chi connectivity index (χ4n) is 4.14. The molecule has 246 valence electrons. The smallest absolute Gasteiger partial charge is 0.365 e. The zero-order valence-corrected chi connectivity index (χ0v) is 26.0. The second-order valence-corrected chi connectivity index (χ2v) is 13.7. The van der Waals surface area contributed by atoms with Crippen molar-refractivity contribution in [1.82, 2.24) is 20.2 Å². The summed E-state index contributed by atoms with van der Waals surface area (Å²) in [5, 5.41) is 35.8. The van der Waals surface area contributed by atoms with Crippen molar-refractivity contribution in [1.29, 1.82) is 0 Å². The van der Waals surface area contributed by atoms with Crippen LogP contribution in [0.4, 0.5) is 0 Å². The Morgan fingerprint density at radius 2 is 1.53 bits per heavy atom. The van der Waals surface area contributed by atoms with Crippen molar-refractivity contribution in [2.45, 2.75) is 76.7 Å². The van der Waals surface area contributed by atoms with Crippen molar-refractivity contribution >= 4 is 27.0 Å². The van der Waals surface area contributed by atoms with Gasteiger partial charge in [0.15, 0.2) is 12.3 Å². The van der Waals surface area contributed by atoms with Crippen LogP contribution in [0.3, 0.4) is 0 Å². The van der Waals surface area contributed by atoms with Gasteiger partial charge in [-0.1, -0.05) is 0 Å². The zero-order valence-electron chi connectivity index (χ0n) is 24.2. The van der Waals surface area contributed by atoms with Gasteiger partial charge < -0.3 is 48.8 Å². The van der Waals surface area contributed by atoms with Crippen molar-refractivity contribution in [3.05, 3.63) is 33.1 Å². The molecule has 1 unspecified atom stereocenters. The number of H-pyrrole nitrogens is 1. The Kier molecular flexibility index (Phi) is 14.4. The van der Waals surface area contributed by atoms with E-state index in [1.807, 2.05) is 4.98 Å². The third-order valence-electron chi connectivity index (χ3n) is 5.99. The van der Waals surface area contributed by atoms with E-state index >= 15 is 0 Å². The molecule has 43 heavy (non-hydrogen) atoms. The largest absolute Gasteiger partial charge is 0.387 e. The molecule has 1 aromatic rings. The van der Waals surface area contributed by atoms with Crippen LogP contribution in [-0.4, -0.2) is 99.6 Å². The van der Waals surface area contributed by atoms with Crippen molar-refractivity contribution in [3.8, 4) is 0 Å². The number of aliphatic hydroxyl groups is 3. The number of aromatic amines is 1. The fraction of sp³-hybridized carbons (Fsp3) is 0.739. The summed E-state index contributed by atoms with van der Waals surface area (Å²) < 4.78 is 54.3. The van der Waals surface area contributed by atoms with E-state index in [0.717, 1.165) is 16.8 Å². The molecule has 2 heterocycles. The first-order chi connectivity index (χ1) is 20.3. The van der Waals surface area contributed by atoms with Crippen LogP contribution in [0.5, 0.6) is 0 Å². The van der Waals surface area contributed by atoms with Crippen molar-refractivity contribution in [2.24, 2.45) is 0 Å². The zero-order chi connectivity index (χ0) is 32.4. The average molecular weight is 659 g/mol. The van der Waals surface area contributed by atoms with Gasteiger partial charge in [0, 0.05) is 25.2 Å². The molecule has 1 saturated heterocycles. The fourth-order valence-corrected chi connectivity index (χ4v) is 9.09. The number of aliphatic hydroxyl groups excluding tert-OH is 3. The van der Waals surface area contributed by atoms with E-state index < -0.39 is 74.4 Å².